The van der Waals surface area contributed by atoms with Crippen molar-refractivity contribution in [3.63, 3.8) is 0 Å². The molecule has 1 aromatic carbocycles. The van der Waals surface area contributed by atoms with Crippen LogP contribution in [0.3, 0.4) is 0 Å². The normalized spacial score (nSPS) is 10.9. The van der Waals surface area contributed by atoms with E-state index in [1.54, 1.807) is 0 Å². The molecule has 62 valence electrons. The van der Waals surface area contributed by atoms with Crippen LogP contribution in [0.25, 0.3) is 10.9 Å². The van der Waals surface area contributed by atoms with Crippen molar-refractivity contribution in [2.45, 2.75) is 6.92 Å². The predicted octanol–water partition coefficient (Wildman–Crippen LogP) is 3.24. The number of aromatic amines is 1. The third-order valence-electron chi connectivity index (χ3n) is 1.80. The Morgan fingerprint density at radius 2 is 2.25 bits per heavy atom. The molecule has 2 rings (SSSR count). The molecule has 0 aliphatic carbocycles. The number of halogens is 2. The first kappa shape index (κ1) is 8.50. The summed E-state index contributed by atoms with van der Waals surface area (Å²) >= 11 is 5.71. The molecule has 1 aromatic heterocycles. The zero-order valence-corrected chi connectivity index (χ0v) is 10.1. The highest BCUT2D eigenvalue weighted by Crippen LogP contribution is 2.25. The van der Waals surface area contributed by atoms with E-state index in [1.807, 2.05) is 0 Å². The van der Waals surface area contributed by atoms with Gasteiger partial charge in [0.2, 0.25) is 0 Å². The van der Waals surface area contributed by atoms with E-state index < -0.39 is 0 Å². The van der Waals surface area contributed by atoms with Crippen LogP contribution in [0.5, 0.6) is 0 Å². The molecule has 0 bridgehead atoms. The van der Waals surface area contributed by atoms with Gasteiger partial charge in [-0.2, -0.15) is 5.10 Å². The number of hydrogen-bond acceptors (Lipinski definition) is 1. The summed E-state index contributed by atoms with van der Waals surface area (Å²) in [5, 5.41) is 8.27. The average molecular weight is 337 g/mol. The Morgan fingerprint density at radius 1 is 1.50 bits per heavy atom. The molecule has 0 radical (unpaired) electrons. The van der Waals surface area contributed by atoms with E-state index in [4.69, 9.17) is 0 Å². The second-order valence-electron chi connectivity index (χ2n) is 2.66. The number of H-pyrrole nitrogens is 1. The van der Waals surface area contributed by atoms with Gasteiger partial charge >= 0.3 is 0 Å². The van der Waals surface area contributed by atoms with Gasteiger partial charge in [-0.15, -0.1) is 0 Å². The highest BCUT2D eigenvalue weighted by Gasteiger charge is 2.04. The Kier molecular flexibility index (Phi) is 2.12. The monoisotopic (exact) mass is 336 g/mol. The second-order valence-corrected chi connectivity index (χ2v) is 4.54. The highest BCUT2D eigenvalue weighted by atomic mass is 127. The largest absolute Gasteiger partial charge is 0.277 e. The zero-order valence-electron chi connectivity index (χ0n) is 6.36. The van der Waals surface area contributed by atoms with Crippen molar-refractivity contribution in [3.8, 4) is 0 Å². The molecule has 0 saturated carbocycles. The van der Waals surface area contributed by atoms with Crippen LogP contribution in [-0.2, 0) is 0 Å². The molecule has 0 saturated heterocycles. The summed E-state index contributed by atoms with van der Waals surface area (Å²) in [6.07, 6.45) is 0. The average Bonchev–Trinajstić information content (AvgIpc) is 2.35. The Hall–Kier alpha value is -0.100. The molecule has 1 N–H and O–H groups in total. The summed E-state index contributed by atoms with van der Waals surface area (Å²) in [5.41, 5.74) is 2.32. The summed E-state index contributed by atoms with van der Waals surface area (Å²) in [7, 11) is 0. The van der Waals surface area contributed by atoms with Gasteiger partial charge in [-0.1, -0.05) is 15.9 Å². The Balaban J connectivity index is 2.87. The van der Waals surface area contributed by atoms with E-state index in [1.165, 1.54) is 10.9 Å². The van der Waals surface area contributed by atoms with E-state index in [0.717, 1.165) is 13.7 Å². The molecule has 0 aliphatic heterocycles. The topological polar surface area (TPSA) is 28.7 Å². The first-order chi connectivity index (χ1) is 5.68. The standard InChI is InChI=1S/C8H6BrIN2/c1-4-2-7-5(3-6(4)9)8(10)12-11-7/h2-3H,1H3,(H,11,12). The quantitative estimate of drug-likeness (QED) is 0.735. The Morgan fingerprint density at radius 3 is 3.00 bits per heavy atom. The van der Waals surface area contributed by atoms with Gasteiger partial charge in [0.25, 0.3) is 0 Å². The van der Waals surface area contributed by atoms with Gasteiger partial charge in [0.1, 0.15) is 3.70 Å². The van der Waals surface area contributed by atoms with Gasteiger partial charge in [-0.25, -0.2) is 0 Å². The van der Waals surface area contributed by atoms with Crippen LogP contribution in [0.15, 0.2) is 16.6 Å². The van der Waals surface area contributed by atoms with Crippen molar-refractivity contribution in [3.05, 3.63) is 25.9 Å². The van der Waals surface area contributed by atoms with E-state index >= 15 is 0 Å². The summed E-state index contributed by atoms with van der Waals surface area (Å²) in [6.45, 7) is 2.07. The first-order valence-corrected chi connectivity index (χ1v) is 5.35. The molecule has 2 nitrogen and oxygen atoms in total. The van der Waals surface area contributed by atoms with Gasteiger partial charge in [0.15, 0.2) is 0 Å². The summed E-state index contributed by atoms with van der Waals surface area (Å²) in [5.74, 6) is 0. The van der Waals surface area contributed by atoms with Crippen LogP contribution in [0, 0.1) is 10.6 Å². The van der Waals surface area contributed by atoms with Gasteiger partial charge in [-0.05, 0) is 47.2 Å². The number of aryl methyl sites for hydroxylation is 1. The summed E-state index contributed by atoms with van der Waals surface area (Å²) in [4.78, 5) is 0. The second kappa shape index (κ2) is 2.99. The third-order valence-corrected chi connectivity index (χ3v) is 3.47. The molecule has 1 heterocycles. The maximum atomic E-state index is 4.12. The van der Waals surface area contributed by atoms with Crippen LogP contribution < -0.4 is 0 Å². The SMILES string of the molecule is Cc1cc2[nH]nc(I)c2cc1Br. The van der Waals surface area contributed by atoms with Crippen molar-refractivity contribution in [2.75, 3.05) is 0 Å². The number of nitrogens with one attached hydrogen (secondary N) is 1. The third kappa shape index (κ3) is 1.26. The van der Waals surface area contributed by atoms with Crippen molar-refractivity contribution in [1.29, 1.82) is 0 Å². The molecule has 12 heavy (non-hydrogen) atoms. The Labute approximate surface area is 92.0 Å². The number of hydrogen-bond donors (Lipinski definition) is 1. The minimum atomic E-state index is 1.02. The molecule has 0 atom stereocenters. The number of benzene rings is 1. The minimum absolute atomic E-state index is 1.02. The Bertz CT molecular complexity index is 436. The van der Waals surface area contributed by atoms with Crippen molar-refractivity contribution in [1.82, 2.24) is 10.2 Å². The summed E-state index contributed by atoms with van der Waals surface area (Å²) in [6, 6.07) is 4.19. The molecule has 0 amide bonds. The number of fused-ring (bicyclic) bond motifs is 1. The maximum Gasteiger partial charge on any atom is 0.130 e. The first-order valence-electron chi connectivity index (χ1n) is 3.48. The predicted molar refractivity (Wildman–Crippen MR) is 61.2 cm³/mol. The molecule has 0 spiro atoms. The highest BCUT2D eigenvalue weighted by molar-refractivity contribution is 14.1. The lowest BCUT2D eigenvalue weighted by molar-refractivity contribution is 1.09. The smallest absolute Gasteiger partial charge is 0.130 e. The molecular formula is C8H6BrIN2. The van der Waals surface area contributed by atoms with Crippen LogP contribution in [0.2, 0.25) is 0 Å². The maximum absolute atomic E-state index is 4.12. The zero-order chi connectivity index (χ0) is 8.72. The van der Waals surface area contributed by atoms with E-state index in [-0.39, 0.29) is 0 Å². The molecule has 0 fully saturated rings. The molecule has 2 aromatic rings. The molecular weight excluding hydrogens is 331 g/mol. The lowest BCUT2D eigenvalue weighted by atomic mass is 10.2. The van der Waals surface area contributed by atoms with Crippen molar-refractivity contribution < 1.29 is 0 Å². The van der Waals surface area contributed by atoms with Gasteiger partial charge in [0, 0.05) is 9.86 Å². The molecule has 0 unspecified atom stereocenters. The molecule has 4 heteroatoms. The fourth-order valence-corrected chi connectivity index (χ4v) is 2.02. The van der Waals surface area contributed by atoms with Crippen LogP contribution in [-0.4, -0.2) is 10.2 Å². The van der Waals surface area contributed by atoms with Crippen molar-refractivity contribution in [2.24, 2.45) is 0 Å². The van der Waals surface area contributed by atoms with E-state index in [2.05, 4.69) is 67.8 Å². The van der Waals surface area contributed by atoms with Crippen molar-refractivity contribution >= 4 is 49.4 Å². The van der Waals surface area contributed by atoms with E-state index in [9.17, 15) is 0 Å². The minimum Gasteiger partial charge on any atom is -0.277 e. The van der Waals surface area contributed by atoms with Gasteiger partial charge in [0.05, 0.1) is 5.52 Å². The van der Waals surface area contributed by atoms with Crippen LogP contribution in [0.1, 0.15) is 5.56 Å². The lowest BCUT2D eigenvalue weighted by Gasteiger charge is -1.96. The van der Waals surface area contributed by atoms with E-state index in [0.29, 0.717) is 0 Å². The number of aromatic nitrogens is 2. The fraction of sp³-hybridized carbons (Fsp3) is 0.125. The summed E-state index contributed by atoms with van der Waals surface area (Å²) < 4.78 is 2.15. The molecule has 0 aliphatic rings. The fourth-order valence-electron chi connectivity index (χ4n) is 1.11. The van der Waals surface area contributed by atoms with Crippen LogP contribution in [0.4, 0.5) is 0 Å². The van der Waals surface area contributed by atoms with Gasteiger partial charge < -0.3 is 0 Å². The van der Waals surface area contributed by atoms with Gasteiger partial charge in [-0.3, -0.25) is 5.10 Å². The number of nitrogens with zero attached hydrogens (tertiary/aromatic N) is 1. The number of rotatable bonds is 0. The lowest BCUT2D eigenvalue weighted by Crippen LogP contribution is -1.76. The van der Waals surface area contributed by atoms with Crippen LogP contribution >= 0.6 is 38.5 Å².